The smallest absolute Gasteiger partial charge is 0.259 e. The molecule has 0 aromatic carbocycles. The lowest BCUT2D eigenvalue weighted by molar-refractivity contribution is 0.116. The number of nitrogens with one attached hydrogen (secondary N) is 1. The summed E-state index contributed by atoms with van der Waals surface area (Å²) in [6.45, 7) is 5.69. The highest BCUT2D eigenvalue weighted by Gasteiger charge is 2.29. The van der Waals surface area contributed by atoms with E-state index in [1.165, 1.54) is 6.20 Å². The first-order valence-corrected chi connectivity index (χ1v) is 8.36. The molecular formula is C13H20N2O4S. The van der Waals surface area contributed by atoms with Crippen LogP contribution < -0.4 is 14.2 Å². The van der Waals surface area contributed by atoms with Crippen molar-refractivity contribution in [3.05, 3.63) is 12.3 Å². The highest BCUT2D eigenvalue weighted by atomic mass is 32.2. The maximum atomic E-state index is 11.4. The Morgan fingerprint density at radius 2 is 2.00 bits per heavy atom. The quantitative estimate of drug-likeness (QED) is 0.901. The topological polar surface area (TPSA) is 77.5 Å². The van der Waals surface area contributed by atoms with Gasteiger partial charge in [-0.2, -0.15) is 0 Å². The Labute approximate surface area is 119 Å². The van der Waals surface area contributed by atoms with Crippen molar-refractivity contribution in [1.29, 1.82) is 0 Å². The molecule has 1 heterocycles. The summed E-state index contributed by atoms with van der Waals surface area (Å²) in [7, 11) is -3.39. The predicted octanol–water partition coefficient (Wildman–Crippen LogP) is 2.17. The average molecular weight is 300 g/mol. The van der Waals surface area contributed by atoms with E-state index in [0.717, 1.165) is 19.1 Å². The maximum absolute atomic E-state index is 11.4. The Morgan fingerprint density at radius 3 is 2.50 bits per heavy atom. The Bertz CT molecular complexity index is 589. The van der Waals surface area contributed by atoms with E-state index in [2.05, 4.69) is 9.71 Å². The lowest BCUT2D eigenvalue weighted by atomic mass is 10.2. The maximum Gasteiger partial charge on any atom is 0.259 e. The number of nitrogens with zero attached hydrogens (tertiary/aromatic N) is 1. The van der Waals surface area contributed by atoms with Gasteiger partial charge in [-0.25, -0.2) is 13.4 Å². The molecule has 0 spiro atoms. The van der Waals surface area contributed by atoms with E-state index in [0.29, 0.717) is 17.3 Å². The first-order valence-electron chi connectivity index (χ1n) is 6.46. The summed E-state index contributed by atoms with van der Waals surface area (Å²) < 4.78 is 36.8. The van der Waals surface area contributed by atoms with Gasteiger partial charge in [-0.15, -0.1) is 0 Å². The van der Waals surface area contributed by atoms with E-state index in [1.54, 1.807) is 6.07 Å². The van der Waals surface area contributed by atoms with Crippen molar-refractivity contribution in [2.45, 2.75) is 45.3 Å². The molecule has 1 aromatic heterocycles. The fraction of sp³-hybridized carbons (Fsp3) is 0.615. The standard InChI is InChI=1S/C13H20N2O4S/c1-13(2,3)19-12-11(18-9-5-6-9)10(7-8-14-12)15-20(4,16)17/h7-9H,5-6H2,1-4H3,(H,14,15). The largest absolute Gasteiger partial charge is 0.483 e. The summed E-state index contributed by atoms with van der Waals surface area (Å²) in [5.74, 6) is 0.661. The fourth-order valence-corrected chi connectivity index (χ4v) is 2.10. The van der Waals surface area contributed by atoms with Gasteiger partial charge in [0, 0.05) is 6.20 Å². The van der Waals surface area contributed by atoms with Crippen LogP contribution in [0.2, 0.25) is 0 Å². The molecule has 1 aliphatic carbocycles. The Hall–Kier alpha value is -1.50. The van der Waals surface area contributed by atoms with Crippen molar-refractivity contribution >= 4 is 15.7 Å². The van der Waals surface area contributed by atoms with E-state index in [1.807, 2.05) is 20.8 Å². The third-order valence-corrected chi connectivity index (χ3v) is 2.97. The van der Waals surface area contributed by atoms with Crippen LogP contribution in [0.25, 0.3) is 0 Å². The van der Waals surface area contributed by atoms with Crippen molar-refractivity contribution in [2.75, 3.05) is 11.0 Å². The molecule has 0 saturated heterocycles. The van der Waals surface area contributed by atoms with Crippen molar-refractivity contribution < 1.29 is 17.9 Å². The van der Waals surface area contributed by atoms with E-state index in [4.69, 9.17) is 9.47 Å². The Kier molecular flexibility index (Phi) is 3.82. The van der Waals surface area contributed by atoms with Gasteiger partial charge >= 0.3 is 0 Å². The van der Waals surface area contributed by atoms with Crippen LogP contribution in [0.1, 0.15) is 33.6 Å². The molecule has 1 fully saturated rings. The summed E-state index contributed by atoms with van der Waals surface area (Å²) in [5, 5.41) is 0. The minimum absolute atomic E-state index is 0.113. The molecule has 0 bridgehead atoms. The second-order valence-electron chi connectivity index (χ2n) is 5.90. The fourth-order valence-electron chi connectivity index (χ4n) is 1.54. The lowest BCUT2D eigenvalue weighted by Gasteiger charge is -2.23. The highest BCUT2D eigenvalue weighted by Crippen LogP contribution is 2.39. The SMILES string of the molecule is CC(C)(C)Oc1nccc(NS(C)(=O)=O)c1OC1CC1. The van der Waals surface area contributed by atoms with Crippen molar-refractivity contribution in [1.82, 2.24) is 4.98 Å². The molecule has 1 N–H and O–H groups in total. The summed E-state index contributed by atoms with van der Waals surface area (Å²) in [5.41, 5.74) is -0.0908. The third-order valence-electron chi connectivity index (χ3n) is 2.38. The zero-order valence-corrected chi connectivity index (χ0v) is 13.0. The number of sulfonamides is 1. The van der Waals surface area contributed by atoms with Crippen LogP contribution >= 0.6 is 0 Å². The molecular weight excluding hydrogens is 280 g/mol. The van der Waals surface area contributed by atoms with Crippen molar-refractivity contribution in [3.8, 4) is 11.6 Å². The molecule has 1 aromatic rings. The van der Waals surface area contributed by atoms with E-state index in [-0.39, 0.29) is 6.10 Å². The Balaban J connectivity index is 2.36. The van der Waals surface area contributed by atoms with Crippen molar-refractivity contribution in [3.63, 3.8) is 0 Å². The van der Waals surface area contributed by atoms with Crippen LogP contribution in [0, 0.1) is 0 Å². The molecule has 2 rings (SSSR count). The van der Waals surface area contributed by atoms with Gasteiger partial charge in [0.15, 0.2) is 0 Å². The van der Waals surface area contributed by atoms with E-state index >= 15 is 0 Å². The number of aromatic nitrogens is 1. The summed E-state index contributed by atoms with van der Waals surface area (Å²) in [4.78, 5) is 4.15. The number of pyridine rings is 1. The molecule has 0 radical (unpaired) electrons. The van der Waals surface area contributed by atoms with Crippen LogP contribution in [0.4, 0.5) is 5.69 Å². The zero-order valence-electron chi connectivity index (χ0n) is 12.1. The van der Waals surface area contributed by atoms with Gasteiger partial charge < -0.3 is 9.47 Å². The number of rotatable bonds is 5. The number of anilines is 1. The third kappa shape index (κ3) is 4.56. The van der Waals surface area contributed by atoms with E-state index < -0.39 is 15.6 Å². The van der Waals surface area contributed by atoms with Crippen LogP contribution in [-0.4, -0.2) is 31.4 Å². The van der Waals surface area contributed by atoms with Crippen molar-refractivity contribution in [2.24, 2.45) is 0 Å². The minimum atomic E-state index is -3.39. The molecule has 6 nitrogen and oxygen atoms in total. The molecule has 0 unspecified atom stereocenters. The highest BCUT2D eigenvalue weighted by molar-refractivity contribution is 7.92. The number of hydrogen-bond donors (Lipinski definition) is 1. The monoisotopic (exact) mass is 300 g/mol. The van der Waals surface area contributed by atoms with Gasteiger partial charge in [0.05, 0.1) is 18.0 Å². The first-order chi connectivity index (χ1) is 9.14. The van der Waals surface area contributed by atoms with Gasteiger partial charge in [0.2, 0.25) is 15.8 Å². The van der Waals surface area contributed by atoms with E-state index in [9.17, 15) is 8.42 Å². The lowest BCUT2D eigenvalue weighted by Crippen LogP contribution is -2.24. The summed E-state index contributed by atoms with van der Waals surface area (Å²) >= 11 is 0. The molecule has 20 heavy (non-hydrogen) atoms. The summed E-state index contributed by atoms with van der Waals surface area (Å²) in [6.07, 6.45) is 4.62. The first kappa shape index (κ1) is 14.9. The molecule has 0 amide bonds. The normalized spacial score (nSPS) is 15.8. The molecule has 0 atom stereocenters. The van der Waals surface area contributed by atoms with Gasteiger partial charge in [0.25, 0.3) is 5.88 Å². The predicted molar refractivity (Wildman–Crippen MR) is 76.7 cm³/mol. The number of hydrogen-bond acceptors (Lipinski definition) is 5. The molecule has 112 valence electrons. The number of ether oxygens (including phenoxy) is 2. The minimum Gasteiger partial charge on any atom is -0.483 e. The molecule has 1 aliphatic rings. The summed E-state index contributed by atoms with van der Waals surface area (Å²) in [6, 6.07) is 1.56. The van der Waals surface area contributed by atoms with Crippen LogP contribution in [0.5, 0.6) is 11.6 Å². The molecule has 1 saturated carbocycles. The van der Waals surface area contributed by atoms with Gasteiger partial charge in [0.1, 0.15) is 5.60 Å². The van der Waals surface area contributed by atoms with Gasteiger partial charge in [-0.05, 0) is 39.7 Å². The second kappa shape index (κ2) is 5.12. The average Bonchev–Trinajstić information content (AvgIpc) is 3.02. The van der Waals surface area contributed by atoms with Gasteiger partial charge in [-0.3, -0.25) is 4.72 Å². The van der Waals surface area contributed by atoms with Crippen LogP contribution in [0.15, 0.2) is 12.3 Å². The van der Waals surface area contributed by atoms with Crippen LogP contribution in [0.3, 0.4) is 0 Å². The molecule has 0 aliphatic heterocycles. The van der Waals surface area contributed by atoms with Crippen LogP contribution in [-0.2, 0) is 10.0 Å². The molecule has 7 heteroatoms. The Morgan fingerprint density at radius 1 is 1.35 bits per heavy atom. The van der Waals surface area contributed by atoms with Gasteiger partial charge in [-0.1, -0.05) is 0 Å². The zero-order chi connectivity index (χ0) is 15.0. The second-order valence-corrected chi connectivity index (χ2v) is 7.65.